The monoisotopic (exact) mass is 234 g/mol. The van der Waals surface area contributed by atoms with E-state index in [1.165, 1.54) is 12.1 Å². The minimum absolute atomic E-state index is 0.133. The number of hydrogen-bond acceptors (Lipinski definition) is 2. The van der Waals surface area contributed by atoms with Gasteiger partial charge in [0.1, 0.15) is 0 Å². The highest BCUT2D eigenvalue weighted by Crippen LogP contribution is 2.18. The maximum atomic E-state index is 11.7. The summed E-state index contributed by atoms with van der Waals surface area (Å²) in [6.07, 6.45) is 0.881. The molecule has 2 N–H and O–H groups in total. The molecule has 1 aliphatic heterocycles. The minimum atomic E-state index is -0.965. The van der Waals surface area contributed by atoms with Gasteiger partial charge in [-0.1, -0.05) is 0 Å². The van der Waals surface area contributed by atoms with Gasteiger partial charge in [0.05, 0.1) is 5.56 Å². The van der Waals surface area contributed by atoms with Gasteiger partial charge in [-0.15, -0.1) is 0 Å². The summed E-state index contributed by atoms with van der Waals surface area (Å²) in [6, 6.07) is 6.37. The topological polar surface area (TPSA) is 69.6 Å². The van der Waals surface area contributed by atoms with E-state index in [2.05, 4.69) is 5.32 Å². The Hall–Kier alpha value is -2.04. The maximum Gasteiger partial charge on any atom is 0.335 e. The molecule has 17 heavy (non-hydrogen) atoms. The SMILES string of the molecule is CC1CCN(c2ccc(C(=O)O)cc2)C(=O)N1. The van der Waals surface area contributed by atoms with Crippen molar-refractivity contribution in [3.63, 3.8) is 0 Å². The summed E-state index contributed by atoms with van der Waals surface area (Å²) in [5, 5.41) is 11.6. The second-order valence-corrected chi connectivity index (χ2v) is 4.14. The molecule has 1 saturated heterocycles. The lowest BCUT2D eigenvalue weighted by molar-refractivity contribution is 0.0697. The zero-order chi connectivity index (χ0) is 12.4. The average Bonchev–Trinajstić information content (AvgIpc) is 2.29. The van der Waals surface area contributed by atoms with E-state index in [1.807, 2.05) is 6.92 Å². The highest BCUT2D eigenvalue weighted by Gasteiger charge is 2.23. The summed E-state index contributed by atoms with van der Waals surface area (Å²) in [4.78, 5) is 24.0. The van der Waals surface area contributed by atoms with Crippen LogP contribution in [-0.2, 0) is 0 Å². The quantitative estimate of drug-likeness (QED) is 0.818. The molecule has 0 aliphatic carbocycles. The predicted octanol–water partition coefficient (Wildman–Crippen LogP) is 1.69. The van der Waals surface area contributed by atoms with Crippen molar-refractivity contribution >= 4 is 17.7 Å². The van der Waals surface area contributed by atoms with Crippen LogP contribution in [0.1, 0.15) is 23.7 Å². The summed E-state index contributed by atoms with van der Waals surface area (Å²) in [6.45, 7) is 2.61. The summed E-state index contributed by atoms with van der Waals surface area (Å²) in [5.41, 5.74) is 0.943. The number of hydrogen-bond donors (Lipinski definition) is 2. The molecule has 90 valence electrons. The van der Waals surface area contributed by atoms with Crippen LogP contribution in [-0.4, -0.2) is 29.7 Å². The largest absolute Gasteiger partial charge is 0.478 e. The maximum absolute atomic E-state index is 11.7. The molecule has 0 bridgehead atoms. The van der Waals surface area contributed by atoms with E-state index in [1.54, 1.807) is 17.0 Å². The van der Waals surface area contributed by atoms with E-state index >= 15 is 0 Å². The number of carbonyl (C=O) groups excluding carboxylic acids is 1. The fraction of sp³-hybridized carbons (Fsp3) is 0.333. The first kappa shape index (κ1) is 11.4. The lowest BCUT2D eigenvalue weighted by Gasteiger charge is -2.31. The molecule has 0 radical (unpaired) electrons. The van der Waals surface area contributed by atoms with Crippen LogP contribution in [0.4, 0.5) is 10.5 Å². The van der Waals surface area contributed by atoms with Crippen LogP contribution in [0.25, 0.3) is 0 Å². The Bertz CT molecular complexity index is 442. The van der Waals surface area contributed by atoms with E-state index in [4.69, 9.17) is 5.11 Å². The lowest BCUT2D eigenvalue weighted by Crippen LogP contribution is -2.50. The highest BCUT2D eigenvalue weighted by molar-refractivity contribution is 5.94. The number of carboxylic acid groups (broad SMARTS) is 1. The van der Waals surface area contributed by atoms with Gasteiger partial charge in [-0.25, -0.2) is 9.59 Å². The van der Waals surface area contributed by atoms with E-state index < -0.39 is 5.97 Å². The van der Waals surface area contributed by atoms with Crippen LogP contribution >= 0.6 is 0 Å². The normalized spacial score (nSPS) is 19.9. The third kappa shape index (κ3) is 2.38. The number of anilines is 1. The van der Waals surface area contributed by atoms with Gasteiger partial charge >= 0.3 is 12.0 Å². The molecule has 2 rings (SSSR count). The van der Waals surface area contributed by atoms with Crippen LogP contribution in [0.3, 0.4) is 0 Å². The fourth-order valence-electron chi connectivity index (χ4n) is 1.82. The molecular formula is C12H14N2O3. The first-order chi connectivity index (χ1) is 8.08. The number of aromatic carboxylic acids is 1. The Morgan fingerprint density at radius 3 is 2.59 bits per heavy atom. The fourth-order valence-corrected chi connectivity index (χ4v) is 1.82. The summed E-state index contributed by atoms with van der Waals surface area (Å²) >= 11 is 0. The first-order valence-electron chi connectivity index (χ1n) is 5.49. The van der Waals surface area contributed by atoms with E-state index in [-0.39, 0.29) is 17.6 Å². The zero-order valence-electron chi connectivity index (χ0n) is 9.51. The van der Waals surface area contributed by atoms with Crippen molar-refractivity contribution in [1.29, 1.82) is 0 Å². The number of nitrogens with zero attached hydrogens (tertiary/aromatic N) is 1. The molecule has 0 spiro atoms. The molecule has 0 aromatic heterocycles. The summed E-state index contributed by atoms with van der Waals surface area (Å²) < 4.78 is 0. The smallest absolute Gasteiger partial charge is 0.335 e. The molecule has 1 unspecified atom stereocenters. The third-order valence-electron chi connectivity index (χ3n) is 2.83. The molecule has 1 atom stereocenters. The molecule has 1 aromatic carbocycles. The van der Waals surface area contributed by atoms with Gasteiger partial charge in [0.2, 0.25) is 0 Å². The van der Waals surface area contributed by atoms with E-state index in [0.29, 0.717) is 6.54 Å². The van der Waals surface area contributed by atoms with Crippen molar-refractivity contribution in [2.45, 2.75) is 19.4 Å². The van der Waals surface area contributed by atoms with Crippen LogP contribution < -0.4 is 10.2 Å². The van der Waals surface area contributed by atoms with Gasteiger partial charge in [0.15, 0.2) is 0 Å². The van der Waals surface area contributed by atoms with Crippen LogP contribution in [0.5, 0.6) is 0 Å². The number of urea groups is 1. The van der Waals surface area contributed by atoms with Gasteiger partial charge in [0, 0.05) is 18.3 Å². The Labute approximate surface area is 99.0 Å². The van der Waals surface area contributed by atoms with Crippen molar-refractivity contribution in [3.05, 3.63) is 29.8 Å². The number of rotatable bonds is 2. The Morgan fingerprint density at radius 1 is 1.41 bits per heavy atom. The predicted molar refractivity (Wildman–Crippen MR) is 63.4 cm³/mol. The minimum Gasteiger partial charge on any atom is -0.478 e. The Morgan fingerprint density at radius 2 is 2.06 bits per heavy atom. The highest BCUT2D eigenvalue weighted by atomic mass is 16.4. The average molecular weight is 234 g/mol. The Balaban J connectivity index is 2.17. The van der Waals surface area contributed by atoms with Crippen molar-refractivity contribution in [3.8, 4) is 0 Å². The number of carbonyl (C=O) groups is 2. The molecule has 2 amide bonds. The van der Waals surface area contributed by atoms with Gasteiger partial charge in [-0.05, 0) is 37.6 Å². The van der Waals surface area contributed by atoms with Crippen LogP contribution in [0, 0.1) is 0 Å². The second kappa shape index (κ2) is 4.45. The van der Waals surface area contributed by atoms with E-state index in [0.717, 1.165) is 12.1 Å². The van der Waals surface area contributed by atoms with Crippen LogP contribution in [0.15, 0.2) is 24.3 Å². The van der Waals surface area contributed by atoms with Crippen LogP contribution in [0.2, 0.25) is 0 Å². The van der Waals surface area contributed by atoms with E-state index in [9.17, 15) is 9.59 Å². The number of amides is 2. The number of benzene rings is 1. The van der Waals surface area contributed by atoms with Gasteiger partial charge in [-0.2, -0.15) is 0 Å². The number of nitrogens with one attached hydrogen (secondary N) is 1. The molecule has 0 saturated carbocycles. The lowest BCUT2D eigenvalue weighted by atomic mass is 10.1. The third-order valence-corrected chi connectivity index (χ3v) is 2.83. The molecular weight excluding hydrogens is 220 g/mol. The van der Waals surface area contributed by atoms with Crippen molar-refractivity contribution in [1.82, 2.24) is 5.32 Å². The first-order valence-corrected chi connectivity index (χ1v) is 5.49. The second-order valence-electron chi connectivity index (χ2n) is 4.14. The molecule has 5 nitrogen and oxygen atoms in total. The molecule has 1 aromatic rings. The van der Waals surface area contributed by atoms with Crippen molar-refractivity contribution in [2.24, 2.45) is 0 Å². The summed E-state index contributed by atoms with van der Waals surface area (Å²) in [5.74, 6) is -0.965. The van der Waals surface area contributed by atoms with Crippen molar-refractivity contribution < 1.29 is 14.7 Å². The zero-order valence-corrected chi connectivity index (χ0v) is 9.51. The molecule has 1 aliphatic rings. The number of carboxylic acids is 1. The molecule has 1 fully saturated rings. The standard InChI is InChI=1S/C12H14N2O3/c1-8-6-7-14(12(17)13-8)10-4-2-9(3-5-10)11(15)16/h2-5,8H,6-7H2,1H3,(H,13,17)(H,15,16). The summed E-state index contributed by atoms with van der Waals surface area (Å²) in [7, 11) is 0. The van der Waals surface area contributed by atoms with Gasteiger partial charge in [0.25, 0.3) is 0 Å². The van der Waals surface area contributed by atoms with Crippen molar-refractivity contribution in [2.75, 3.05) is 11.4 Å². The Kier molecular flexibility index (Phi) is 2.99. The van der Waals surface area contributed by atoms with Gasteiger partial charge < -0.3 is 10.4 Å². The molecule has 1 heterocycles. The molecule has 5 heteroatoms. The van der Waals surface area contributed by atoms with Gasteiger partial charge in [-0.3, -0.25) is 4.90 Å².